The maximum atomic E-state index is 12.1. The van der Waals surface area contributed by atoms with E-state index in [4.69, 9.17) is 0 Å². The van der Waals surface area contributed by atoms with Crippen LogP contribution in [-0.2, 0) is 13.0 Å². The standard InChI is InChI=1S/C22H25N7O2/c1-4-16-10-19-20(26-21(16)30)9-15(11-24-19)13-28-7-8-29(27-14(28)2)17-5-6-18(25-12-17)22(31)23-3/h5-6,9-12H,4,7-8,13H2,1-3H3,(H,23,31)(H,26,30). The van der Waals surface area contributed by atoms with Crippen molar-refractivity contribution < 1.29 is 4.79 Å². The molecule has 1 aliphatic rings. The topological polar surface area (TPSA) is 107 Å². The van der Waals surface area contributed by atoms with Crippen LogP contribution in [0, 0.1) is 0 Å². The number of carbonyl (C=O) groups is 1. The number of amides is 1. The van der Waals surface area contributed by atoms with E-state index in [1.54, 1.807) is 19.3 Å². The third-order valence-corrected chi connectivity index (χ3v) is 5.39. The van der Waals surface area contributed by atoms with Gasteiger partial charge in [0.2, 0.25) is 0 Å². The van der Waals surface area contributed by atoms with Crippen LogP contribution in [0.25, 0.3) is 11.0 Å². The maximum Gasteiger partial charge on any atom is 0.269 e. The lowest BCUT2D eigenvalue weighted by atomic mass is 10.1. The summed E-state index contributed by atoms with van der Waals surface area (Å²) in [5.41, 5.74) is 4.44. The average Bonchev–Trinajstić information content (AvgIpc) is 2.79. The summed E-state index contributed by atoms with van der Waals surface area (Å²) in [4.78, 5) is 37.6. The first kappa shape index (κ1) is 20.5. The number of fused-ring (bicyclic) bond motifs is 1. The Kier molecular flexibility index (Phi) is 5.66. The van der Waals surface area contributed by atoms with Crippen LogP contribution >= 0.6 is 0 Å². The highest BCUT2D eigenvalue weighted by molar-refractivity contribution is 5.92. The van der Waals surface area contributed by atoms with E-state index >= 15 is 0 Å². The van der Waals surface area contributed by atoms with Gasteiger partial charge in [0.05, 0.1) is 29.5 Å². The molecule has 0 aromatic carbocycles. The van der Waals surface area contributed by atoms with Gasteiger partial charge in [0.1, 0.15) is 11.5 Å². The van der Waals surface area contributed by atoms with Gasteiger partial charge in [-0.15, -0.1) is 0 Å². The van der Waals surface area contributed by atoms with Crippen molar-refractivity contribution in [2.75, 3.05) is 25.1 Å². The quantitative estimate of drug-likeness (QED) is 0.654. The van der Waals surface area contributed by atoms with Crippen molar-refractivity contribution in [3.8, 4) is 0 Å². The number of amidine groups is 1. The Morgan fingerprint density at radius 1 is 1.19 bits per heavy atom. The Bertz CT molecular complexity index is 1200. The van der Waals surface area contributed by atoms with E-state index in [-0.39, 0.29) is 11.5 Å². The molecule has 1 aliphatic heterocycles. The lowest BCUT2D eigenvalue weighted by Gasteiger charge is -2.33. The molecule has 0 bridgehead atoms. The monoisotopic (exact) mass is 419 g/mol. The van der Waals surface area contributed by atoms with E-state index in [0.29, 0.717) is 25.2 Å². The summed E-state index contributed by atoms with van der Waals surface area (Å²) in [5, 5.41) is 9.13. The molecule has 0 atom stereocenters. The van der Waals surface area contributed by atoms with Gasteiger partial charge >= 0.3 is 0 Å². The molecule has 1 amide bonds. The Balaban J connectivity index is 1.49. The molecular weight excluding hydrogens is 394 g/mol. The molecule has 0 unspecified atom stereocenters. The van der Waals surface area contributed by atoms with E-state index in [2.05, 4.69) is 30.3 Å². The smallest absolute Gasteiger partial charge is 0.269 e. The SMILES string of the molecule is CCc1cc2ncc(CN3CCN(c4ccc(C(=O)NC)nc4)N=C3C)cc2[nH]c1=O. The molecule has 3 aromatic rings. The van der Waals surface area contributed by atoms with Crippen LogP contribution in [0.5, 0.6) is 0 Å². The molecule has 31 heavy (non-hydrogen) atoms. The molecule has 2 N–H and O–H groups in total. The highest BCUT2D eigenvalue weighted by Gasteiger charge is 2.19. The summed E-state index contributed by atoms with van der Waals surface area (Å²) in [5.74, 6) is 0.656. The molecule has 0 fully saturated rings. The number of aromatic nitrogens is 3. The van der Waals surface area contributed by atoms with E-state index in [1.165, 1.54) is 0 Å². The molecule has 160 valence electrons. The van der Waals surface area contributed by atoms with Gasteiger partial charge in [0, 0.05) is 31.9 Å². The number of pyridine rings is 3. The van der Waals surface area contributed by atoms with Crippen LogP contribution in [0.3, 0.4) is 0 Å². The number of anilines is 1. The number of nitrogens with one attached hydrogen (secondary N) is 2. The minimum absolute atomic E-state index is 0.0589. The highest BCUT2D eigenvalue weighted by atomic mass is 16.1. The van der Waals surface area contributed by atoms with Crippen molar-refractivity contribution in [1.82, 2.24) is 25.2 Å². The molecule has 9 nitrogen and oxygen atoms in total. The second-order valence-electron chi connectivity index (χ2n) is 7.43. The molecule has 4 heterocycles. The van der Waals surface area contributed by atoms with Crippen molar-refractivity contribution in [1.29, 1.82) is 0 Å². The van der Waals surface area contributed by atoms with Crippen LogP contribution in [0.15, 0.2) is 46.6 Å². The molecule has 0 spiro atoms. The van der Waals surface area contributed by atoms with Crippen molar-refractivity contribution in [2.24, 2.45) is 5.10 Å². The van der Waals surface area contributed by atoms with Gasteiger partial charge < -0.3 is 15.2 Å². The average molecular weight is 419 g/mol. The zero-order valence-corrected chi connectivity index (χ0v) is 17.8. The van der Waals surface area contributed by atoms with Gasteiger partial charge in [-0.2, -0.15) is 5.10 Å². The molecule has 3 aromatic heterocycles. The van der Waals surface area contributed by atoms with Gasteiger partial charge in [-0.05, 0) is 43.2 Å². The Hall–Kier alpha value is -3.75. The molecule has 0 radical (unpaired) electrons. The summed E-state index contributed by atoms with van der Waals surface area (Å²) >= 11 is 0. The van der Waals surface area contributed by atoms with Crippen LogP contribution < -0.4 is 15.9 Å². The fraction of sp³-hybridized carbons (Fsp3) is 0.318. The minimum atomic E-state index is -0.215. The summed E-state index contributed by atoms with van der Waals surface area (Å²) in [6.45, 7) is 6.03. The fourth-order valence-corrected chi connectivity index (χ4v) is 3.58. The van der Waals surface area contributed by atoms with E-state index < -0.39 is 0 Å². The number of aryl methyl sites for hydroxylation is 1. The molecule has 9 heteroatoms. The second kappa shape index (κ2) is 8.55. The number of rotatable bonds is 5. The third kappa shape index (κ3) is 4.25. The Morgan fingerprint density at radius 2 is 2.03 bits per heavy atom. The number of hydrogen-bond acceptors (Lipinski definition) is 7. The zero-order chi connectivity index (χ0) is 22.0. The molecule has 0 saturated carbocycles. The van der Waals surface area contributed by atoms with Crippen molar-refractivity contribution in [3.63, 3.8) is 0 Å². The van der Waals surface area contributed by atoms with Crippen LogP contribution in [0.1, 0.15) is 35.5 Å². The van der Waals surface area contributed by atoms with Crippen LogP contribution in [-0.4, -0.2) is 51.7 Å². The largest absolute Gasteiger partial charge is 0.354 e. The number of hydrogen-bond donors (Lipinski definition) is 2. The Labute approximate surface area is 179 Å². The number of aromatic amines is 1. The van der Waals surface area contributed by atoms with E-state index in [0.717, 1.165) is 40.2 Å². The van der Waals surface area contributed by atoms with Crippen molar-refractivity contribution >= 4 is 28.5 Å². The van der Waals surface area contributed by atoms with Gasteiger partial charge in [-0.3, -0.25) is 19.6 Å². The summed E-state index contributed by atoms with van der Waals surface area (Å²) in [6.07, 6.45) is 4.19. The first-order chi connectivity index (χ1) is 15.0. The highest BCUT2D eigenvalue weighted by Crippen LogP contribution is 2.19. The number of H-pyrrole nitrogens is 1. The lowest BCUT2D eigenvalue weighted by molar-refractivity contribution is 0.0958. The third-order valence-electron chi connectivity index (χ3n) is 5.39. The summed E-state index contributed by atoms with van der Waals surface area (Å²) < 4.78 is 0. The molecule has 0 aliphatic carbocycles. The van der Waals surface area contributed by atoms with Gasteiger partial charge in [0.25, 0.3) is 11.5 Å². The van der Waals surface area contributed by atoms with Gasteiger partial charge in [-0.25, -0.2) is 4.98 Å². The number of nitrogens with zero attached hydrogens (tertiary/aromatic N) is 5. The number of hydrazone groups is 1. The summed E-state index contributed by atoms with van der Waals surface area (Å²) in [6, 6.07) is 7.37. The van der Waals surface area contributed by atoms with Crippen molar-refractivity contribution in [3.05, 3.63) is 63.8 Å². The van der Waals surface area contributed by atoms with E-state index in [1.807, 2.05) is 43.3 Å². The first-order valence-electron chi connectivity index (χ1n) is 10.2. The van der Waals surface area contributed by atoms with Crippen LogP contribution in [0.4, 0.5) is 5.69 Å². The van der Waals surface area contributed by atoms with Gasteiger partial charge in [0.15, 0.2) is 0 Å². The summed E-state index contributed by atoms with van der Waals surface area (Å²) in [7, 11) is 1.58. The van der Waals surface area contributed by atoms with Crippen LogP contribution in [0.2, 0.25) is 0 Å². The Morgan fingerprint density at radius 3 is 2.71 bits per heavy atom. The molecule has 4 rings (SSSR count). The van der Waals surface area contributed by atoms with Gasteiger partial charge in [-0.1, -0.05) is 6.92 Å². The zero-order valence-electron chi connectivity index (χ0n) is 17.8. The first-order valence-corrected chi connectivity index (χ1v) is 10.2. The molecular formula is C22H25N7O2. The minimum Gasteiger partial charge on any atom is -0.354 e. The molecule has 0 saturated heterocycles. The normalized spacial score (nSPS) is 14.0. The maximum absolute atomic E-state index is 12.1. The lowest BCUT2D eigenvalue weighted by Crippen LogP contribution is -2.42. The second-order valence-corrected chi connectivity index (χ2v) is 7.43. The van der Waals surface area contributed by atoms with E-state index in [9.17, 15) is 9.59 Å². The predicted molar refractivity (Wildman–Crippen MR) is 120 cm³/mol. The van der Waals surface area contributed by atoms with Crippen molar-refractivity contribution in [2.45, 2.75) is 26.8 Å². The fourth-order valence-electron chi connectivity index (χ4n) is 3.58. The predicted octanol–water partition coefficient (Wildman–Crippen LogP) is 1.90. The number of carbonyl (C=O) groups excluding carboxylic acids is 1.